The van der Waals surface area contributed by atoms with Crippen LogP contribution in [0.2, 0.25) is 0 Å². The average molecular weight is 289 g/mol. The minimum atomic E-state index is -0.745. The first-order chi connectivity index (χ1) is 10.0. The second kappa shape index (κ2) is 4.86. The zero-order chi connectivity index (χ0) is 15.0. The van der Waals surface area contributed by atoms with Gasteiger partial charge in [0.15, 0.2) is 0 Å². The van der Waals surface area contributed by atoms with E-state index in [9.17, 15) is 18.7 Å². The quantitative estimate of drug-likeness (QED) is 0.677. The van der Waals surface area contributed by atoms with E-state index in [-0.39, 0.29) is 22.8 Å². The third-order valence-electron chi connectivity index (χ3n) is 2.81. The Labute approximate surface area is 116 Å². The first kappa shape index (κ1) is 13.0. The molecule has 3 N–H and O–H groups in total. The Morgan fingerprint density at radius 1 is 1.10 bits per heavy atom. The fourth-order valence-corrected chi connectivity index (χ4v) is 1.95. The number of aromatic nitrogens is 2. The highest BCUT2D eigenvalue weighted by Crippen LogP contribution is 2.19. The molecule has 1 aromatic heterocycles. The maximum atomic E-state index is 13.1. The van der Waals surface area contributed by atoms with Crippen LogP contribution < -0.4 is 10.9 Å². The van der Waals surface area contributed by atoms with E-state index in [0.717, 1.165) is 18.2 Å². The smallest absolute Gasteiger partial charge is 0.260 e. The van der Waals surface area contributed by atoms with Gasteiger partial charge in [0, 0.05) is 11.8 Å². The second-order valence-corrected chi connectivity index (χ2v) is 4.40. The summed E-state index contributed by atoms with van der Waals surface area (Å²) in [5.41, 5.74) is -0.0139. The third-order valence-corrected chi connectivity index (χ3v) is 2.81. The van der Waals surface area contributed by atoms with Crippen molar-refractivity contribution < 1.29 is 13.9 Å². The second-order valence-electron chi connectivity index (χ2n) is 4.40. The molecule has 1 heterocycles. The zero-order valence-electron chi connectivity index (χ0n) is 10.5. The normalized spacial score (nSPS) is 10.8. The number of aromatic amines is 1. The Balaban J connectivity index is 2.05. The van der Waals surface area contributed by atoms with Gasteiger partial charge in [0.25, 0.3) is 5.56 Å². The van der Waals surface area contributed by atoms with E-state index >= 15 is 0 Å². The molecule has 0 unspecified atom stereocenters. The molecular weight excluding hydrogens is 280 g/mol. The highest BCUT2D eigenvalue weighted by molar-refractivity contribution is 5.80. The third kappa shape index (κ3) is 2.66. The molecule has 5 nitrogen and oxygen atoms in total. The largest absolute Gasteiger partial charge is 0.508 e. The number of hydrogen-bond acceptors (Lipinski definition) is 4. The maximum absolute atomic E-state index is 13.1. The average Bonchev–Trinajstić information content (AvgIpc) is 2.38. The van der Waals surface area contributed by atoms with Gasteiger partial charge in [-0.15, -0.1) is 0 Å². The van der Waals surface area contributed by atoms with Crippen LogP contribution >= 0.6 is 0 Å². The molecule has 0 radical (unpaired) electrons. The van der Waals surface area contributed by atoms with Crippen molar-refractivity contribution in [3.05, 3.63) is 58.4 Å². The lowest BCUT2D eigenvalue weighted by Crippen LogP contribution is -2.11. The van der Waals surface area contributed by atoms with Crippen LogP contribution in [0.15, 0.2) is 41.2 Å². The molecule has 0 saturated carbocycles. The highest BCUT2D eigenvalue weighted by Gasteiger charge is 2.06. The van der Waals surface area contributed by atoms with Crippen LogP contribution in [0.5, 0.6) is 5.75 Å². The van der Waals surface area contributed by atoms with Crippen molar-refractivity contribution in [1.82, 2.24) is 9.97 Å². The van der Waals surface area contributed by atoms with Gasteiger partial charge >= 0.3 is 0 Å². The monoisotopic (exact) mass is 289 g/mol. The summed E-state index contributed by atoms with van der Waals surface area (Å²) in [5, 5.41) is 12.2. The Morgan fingerprint density at radius 2 is 1.81 bits per heavy atom. The molecule has 0 atom stereocenters. The van der Waals surface area contributed by atoms with Crippen LogP contribution in [0, 0.1) is 11.6 Å². The van der Waals surface area contributed by atoms with E-state index in [1.54, 1.807) is 0 Å². The molecule has 0 spiro atoms. The van der Waals surface area contributed by atoms with Gasteiger partial charge in [-0.1, -0.05) is 0 Å². The summed E-state index contributed by atoms with van der Waals surface area (Å²) < 4.78 is 26.2. The number of H-pyrrole nitrogens is 1. The summed E-state index contributed by atoms with van der Waals surface area (Å²) in [5.74, 6) is -1.50. The van der Waals surface area contributed by atoms with E-state index in [4.69, 9.17) is 0 Å². The van der Waals surface area contributed by atoms with E-state index in [2.05, 4.69) is 15.3 Å². The molecule has 3 aromatic rings. The van der Waals surface area contributed by atoms with Gasteiger partial charge in [0.05, 0.1) is 10.9 Å². The number of halogens is 2. The van der Waals surface area contributed by atoms with Gasteiger partial charge in [-0.05, 0) is 30.3 Å². The van der Waals surface area contributed by atoms with E-state index in [1.807, 2.05) is 0 Å². The molecule has 3 rings (SSSR count). The molecular formula is C14H9F2N3O2. The topological polar surface area (TPSA) is 78.0 Å². The van der Waals surface area contributed by atoms with Crippen molar-refractivity contribution >= 4 is 22.5 Å². The van der Waals surface area contributed by atoms with Crippen LogP contribution in [0.3, 0.4) is 0 Å². The summed E-state index contributed by atoms with van der Waals surface area (Å²) >= 11 is 0. The first-order valence-electron chi connectivity index (χ1n) is 5.97. The molecule has 0 fully saturated rings. The van der Waals surface area contributed by atoms with Crippen LogP contribution in [0.4, 0.5) is 20.4 Å². The lowest BCUT2D eigenvalue weighted by atomic mass is 10.2. The zero-order valence-corrected chi connectivity index (χ0v) is 10.5. The van der Waals surface area contributed by atoms with Crippen molar-refractivity contribution in [2.45, 2.75) is 0 Å². The number of phenolic OH excluding ortho intramolecular Hbond substituents is 1. The molecule has 0 aliphatic carbocycles. The fraction of sp³-hybridized carbons (Fsp3) is 0. The van der Waals surface area contributed by atoms with Gasteiger partial charge in [-0.2, -0.15) is 0 Å². The molecule has 0 aliphatic heterocycles. The molecule has 0 aliphatic rings. The van der Waals surface area contributed by atoms with E-state index in [1.165, 1.54) is 18.2 Å². The number of rotatable bonds is 2. The summed E-state index contributed by atoms with van der Waals surface area (Å²) in [7, 11) is 0. The standard InChI is InChI=1S/C14H9F2N3O2/c15-7-3-8(16)5-9(4-7)17-14-18-12-2-1-10(20)6-11(12)13(21)19-14/h1-6,20H,(H2,17,18,19,21). The van der Waals surface area contributed by atoms with Gasteiger partial charge in [-0.3, -0.25) is 9.78 Å². The van der Waals surface area contributed by atoms with Crippen LogP contribution in [-0.2, 0) is 0 Å². The lowest BCUT2D eigenvalue weighted by Gasteiger charge is -2.07. The molecule has 0 saturated heterocycles. The number of anilines is 2. The van der Waals surface area contributed by atoms with Crippen molar-refractivity contribution in [1.29, 1.82) is 0 Å². The predicted molar refractivity (Wildman–Crippen MR) is 73.7 cm³/mol. The number of phenols is 1. The SMILES string of the molecule is O=c1[nH]c(Nc2cc(F)cc(F)c2)nc2ccc(O)cc12. The fourth-order valence-electron chi connectivity index (χ4n) is 1.95. The van der Waals surface area contributed by atoms with Gasteiger partial charge < -0.3 is 10.4 Å². The van der Waals surface area contributed by atoms with Crippen molar-refractivity contribution in [3.8, 4) is 5.75 Å². The van der Waals surface area contributed by atoms with E-state index < -0.39 is 17.2 Å². The lowest BCUT2D eigenvalue weighted by molar-refractivity contribution is 0.476. The number of hydrogen-bond donors (Lipinski definition) is 3. The van der Waals surface area contributed by atoms with Gasteiger partial charge in [0.1, 0.15) is 17.4 Å². The highest BCUT2D eigenvalue weighted by atomic mass is 19.1. The number of nitrogens with one attached hydrogen (secondary N) is 2. The molecule has 0 amide bonds. The minimum Gasteiger partial charge on any atom is -0.508 e. The van der Waals surface area contributed by atoms with Crippen LogP contribution in [0.1, 0.15) is 0 Å². The molecule has 21 heavy (non-hydrogen) atoms. The van der Waals surface area contributed by atoms with Crippen molar-refractivity contribution in [2.24, 2.45) is 0 Å². The molecule has 7 heteroatoms. The van der Waals surface area contributed by atoms with Crippen molar-refractivity contribution in [3.63, 3.8) is 0 Å². The number of fused-ring (bicyclic) bond motifs is 1. The molecule has 106 valence electrons. The Kier molecular flexibility index (Phi) is 3.02. The van der Waals surface area contributed by atoms with Crippen LogP contribution in [-0.4, -0.2) is 15.1 Å². The number of aromatic hydroxyl groups is 1. The van der Waals surface area contributed by atoms with Crippen LogP contribution in [0.25, 0.3) is 10.9 Å². The summed E-state index contributed by atoms with van der Waals surface area (Å²) in [6.45, 7) is 0. The molecule has 2 aromatic carbocycles. The van der Waals surface area contributed by atoms with Gasteiger partial charge in [-0.25, -0.2) is 13.8 Å². The molecule has 0 bridgehead atoms. The summed E-state index contributed by atoms with van der Waals surface area (Å²) in [6, 6.07) is 7.03. The summed E-state index contributed by atoms with van der Waals surface area (Å²) in [6.07, 6.45) is 0. The Morgan fingerprint density at radius 3 is 2.52 bits per heavy atom. The summed E-state index contributed by atoms with van der Waals surface area (Å²) in [4.78, 5) is 18.4. The Hall–Kier alpha value is -2.96. The maximum Gasteiger partial charge on any atom is 0.260 e. The predicted octanol–water partition coefficient (Wildman–Crippen LogP) is 2.65. The Bertz CT molecular complexity index is 873. The number of nitrogens with zero attached hydrogens (tertiary/aromatic N) is 1. The first-order valence-corrected chi connectivity index (χ1v) is 5.97. The van der Waals surface area contributed by atoms with Gasteiger partial charge in [0.2, 0.25) is 5.95 Å². The van der Waals surface area contributed by atoms with Crippen molar-refractivity contribution in [2.75, 3.05) is 5.32 Å². The van der Waals surface area contributed by atoms with E-state index in [0.29, 0.717) is 5.52 Å². The minimum absolute atomic E-state index is 0.0446. The number of benzene rings is 2.